The second kappa shape index (κ2) is 6.69. The number of anilines is 1. The molecule has 0 aromatic heterocycles. The maximum atomic E-state index is 12.1. The van der Waals surface area contributed by atoms with Crippen molar-refractivity contribution >= 4 is 23.4 Å². The Bertz CT molecular complexity index is 383. The average Bonchev–Trinajstić information content (AvgIpc) is 2.66. The molecular formula is C14H20N2OS. The van der Waals surface area contributed by atoms with Crippen LogP contribution in [0.2, 0.25) is 0 Å². The number of amides is 1. The topological polar surface area (TPSA) is 46.3 Å². The number of thioether (sulfide) groups is 1. The van der Waals surface area contributed by atoms with Gasteiger partial charge in [0.15, 0.2) is 0 Å². The summed E-state index contributed by atoms with van der Waals surface area (Å²) in [6.45, 7) is 1.83. The van der Waals surface area contributed by atoms with Crippen LogP contribution in [-0.4, -0.2) is 35.4 Å². The van der Waals surface area contributed by atoms with Gasteiger partial charge in [-0.1, -0.05) is 12.1 Å². The Balaban J connectivity index is 1.81. The highest BCUT2D eigenvalue weighted by atomic mass is 32.2. The highest BCUT2D eigenvalue weighted by Crippen LogP contribution is 2.13. The summed E-state index contributed by atoms with van der Waals surface area (Å²) in [7, 11) is 0. The highest BCUT2D eigenvalue weighted by molar-refractivity contribution is 7.99. The van der Waals surface area contributed by atoms with Crippen molar-refractivity contribution < 1.29 is 4.79 Å². The molecule has 1 saturated heterocycles. The lowest BCUT2D eigenvalue weighted by Crippen LogP contribution is -2.33. The van der Waals surface area contributed by atoms with E-state index in [1.54, 1.807) is 0 Å². The molecule has 2 rings (SSSR count). The van der Waals surface area contributed by atoms with Crippen molar-refractivity contribution in [3.8, 4) is 0 Å². The Hall–Kier alpha value is -1.16. The molecule has 1 aromatic carbocycles. The van der Waals surface area contributed by atoms with E-state index in [2.05, 4.69) is 0 Å². The van der Waals surface area contributed by atoms with E-state index >= 15 is 0 Å². The predicted molar refractivity (Wildman–Crippen MR) is 77.7 cm³/mol. The number of benzene rings is 1. The lowest BCUT2D eigenvalue weighted by Gasteiger charge is -2.19. The van der Waals surface area contributed by atoms with Gasteiger partial charge in [0.1, 0.15) is 0 Å². The Labute approximate surface area is 113 Å². The van der Waals surface area contributed by atoms with Gasteiger partial charge in [0.2, 0.25) is 5.91 Å². The molecular weight excluding hydrogens is 244 g/mol. The van der Waals surface area contributed by atoms with Crippen molar-refractivity contribution in [3.63, 3.8) is 0 Å². The molecule has 0 spiro atoms. The van der Waals surface area contributed by atoms with Crippen molar-refractivity contribution in [2.75, 3.05) is 30.3 Å². The normalized spacial score (nSPS) is 16.3. The van der Waals surface area contributed by atoms with E-state index in [4.69, 9.17) is 5.73 Å². The van der Waals surface area contributed by atoms with Gasteiger partial charge in [-0.15, -0.1) is 0 Å². The summed E-state index contributed by atoms with van der Waals surface area (Å²) in [6.07, 6.45) is 2.54. The first-order chi connectivity index (χ1) is 8.75. The van der Waals surface area contributed by atoms with E-state index in [0.717, 1.165) is 37.4 Å². The van der Waals surface area contributed by atoms with Crippen LogP contribution < -0.4 is 5.73 Å². The van der Waals surface area contributed by atoms with Crippen LogP contribution in [0.3, 0.4) is 0 Å². The molecule has 0 radical (unpaired) electrons. The minimum absolute atomic E-state index is 0.286. The van der Waals surface area contributed by atoms with Crippen LogP contribution in [0.4, 0.5) is 5.69 Å². The number of aryl methyl sites for hydroxylation is 1. The Morgan fingerprint density at radius 3 is 2.78 bits per heavy atom. The quantitative estimate of drug-likeness (QED) is 0.851. The zero-order valence-corrected chi connectivity index (χ0v) is 11.4. The van der Waals surface area contributed by atoms with Crippen molar-refractivity contribution in [2.24, 2.45) is 0 Å². The number of carbonyl (C=O) groups is 1. The number of nitrogens with zero attached hydrogens (tertiary/aromatic N) is 1. The van der Waals surface area contributed by atoms with E-state index in [0.29, 0.717) is 6.42 Å². The number of hydrogen-bond donors (Lipinski definition) is 1. The van der Waals surface area contributed by atoms with Gasteiger partial charge < -0.3 is 10.6 Å². The molecule has 2 N–H and O–H groups in total. The van der Waals surface area contributed by atoms with E-state index in [1.165, 1.54) is 11.3 Å². The Kier molecular flexibility index (Phi) is 4.93. The third-order valence-electron chi connectivity index (χ3n) is 3.18. The summed E-state index contributed by atoms with van der Waals surface area (Å²) in [4.78, 5) is 14.1. The maximum absolute atomic E-state index is 12.1. The summed E-state index contributed by atoms with van der Waals surface area (Å²) >= 11 is 1.95. The standard InChI is InChI=1S/C14H20N2OS/c15-13-5-2-12(3-6-13)4-7-14(17)16-8-1-10-18-11-9-16/h2-3,5-6H,1,4,7-11,15H2. The Morgan fingerprint density at radius 2 is 2.00 bits per heavy atom. The lowest BCUT2D eigenvalue weighted by atomic mass is 10.1. The fourth-order valence-electron chi connectivity index (χ4n) is 2.09. The van der Waals surface area contributed by atoms with Crippen LogP contribution in [0, 0.1) is 0 Å². The second-order valence-corrected chi connectivity index (χ2v) is 5.81. The minimum Gasteiger partial charge on any atom is -0.399 e. The number of nitrogens with two attached hydrogens (primary N) is 1. The van der Waals surface area contributed by atoms with Gasteiger partial charge >= 0.3 is 0 Å². The molecule has 1 aliphatic heterocycles. The molecule has 1 fully saturated rings. The fraction of sp³-hybridized carbons (Fsp3) is 0.500. The zero-order chi connectivity index (χ0) is 12.8. The molecule has 3 nitrogen and oxygen atoms in total. The number of rotatable bonds is 3. The Morgan fingerprint density at radius 1 is 1.22 bits per heavy atom. The highest BCUT2D eigenvalue weighted by Gasteiger charge is 2.15. The molecule has 0 bridgehead atoms. The molecule has 1 aliphatic rings. The van der Waals surface area contributed by atoms with Gasteiger partial charge in [0.25, 0.3) is 0 Å². The summed E-state index contributed by atoms with van der Waals surface area (Å²) in [5.74, 6) is 2.55. The predicted octanol–water partition coefficient (Wildman–Crippen LogP) is 2.17. The SMILES string of the molecule is Nc1ccc(CCC(=O)N2CCCSCC2)cc1. The van der Waals surface area contributed by atoms with Gasteiger partial charge in [-0.3, -0.25) is 4.79 Å². The number of hydrogen-bond acceptors (Lipinski definition) is 3. The van der Waals surface area contributed by atoms with Gasteiger partial charge in [-0.25, -0.2) is 0 Å². The molecule has 0 unspecified atom stereocenters. The van der Waals surface area contributed by atoms with Gasteiger partial charge in [-0.05, 0) is 36.3 Å². The van der Waals surface area contributed by atoms with Gasteiger partial charge in [0.05, 0.1) is 0 Å². The molecule has 0 aliphatic carbocycles. The van der Waals surface area contributed by atoms with Crippen LogP contribution in [0.1, 0.15) is 18.4 Å². The smallest absolute Gasteiger partial charge is 0.222 e. The maximum Gasteiger partial charge on any atom is 0.222 e. The molecule has 18 heavy (non-hydrogen) atoms. The third kappa shape index (κ3) is 3.95. The third-order valence-corrected chi connectivity index (χ3v) is 4.23. The van der Waals surface area contributed by atoms with E-state index < -0.39 is 0 Å². The molecule has 1 aromatic rings. The molecule has 1 heterocycles. The zero-order valence-electron chi connectivity index (χ0n) is 10.6. The largest absolute Gasteiger partial charge is 0.399 e. The fourth-order valence-corrected chi connectivity index (χ4v) is 2.98. The summed E-state index contributed by atoms with van der Waals surface area (Å²) in [6, 6.07) is 7.78. The van der Waals surface area contributed by atoms with Crippen LogP contribution in [-0.2, 0) is 11.2 Å². The van der Waals surface area contributed by atoms with Gasteiger partial charge in [0, 0.05) is 31.0 Å². The molecule has 98 valence electrons. The van der Waals surface area contributed by atoms with E-state index in [-0.39, 0.29) is 5.91 Å². The first kappa shape index (κ1) is 13.3. The monoisotopic (exact) mass is 264 g/mol. The van der Waals surface area contributed by atoms with E-state index in [9.17, 15) is 4.79 Å². The van der Waals surface area contributed by atoms with Crippen molar-refractivity contribution in [1.29, 1.82) is 0 Å². The van der Waals surface area contributed by atoms with Crippen molar-refractivity contribution in [2.45, 2.75) is 19.3 Å². The summed E-state index contributed by atoms with van der Waals surface area (Å²) in [5.41, 5.74) is 7.59. The van der Waals surface area contributed by atoms with Crippen LogP contribution in [0.5, 0.6) is 0 Å². The molecule has 4 heteroatoms. The van der Waals surface area contributed by atoms with Gasteiger partial charge in [-0.2, -0.15) is 11.8 Å². The molecule has 0 atom stereocenters. The molecule has 1 amide bonds. The van der Waals surface area contributed by atoms with Crippen molar-refractivity contribution in [1.82, 2.24) is 4.90 Å². The van der Waals surface area contributed by atoms with Crippen LogP contribution in [0.15, 0.2) is 24.3 Å². The number of nitrogen functional groups attached to an aromatic ring is 1. The average molecular weight is 264 g/mol. The summed E-state index contributed by atoms with van der Waals surface area (Å²) < 4.78 is 0. The van der Waals surface area contributed by atoms with Crippen LogP contribution >= 0.6 is 11.8 Å². The first-order valence-corrected chi connectivity index (χ1v) is 7.61. The van der Waals surface area contributed by atoms with E-state index in [1.807, 2.05) is 40.9 Å². The lowest BCUT2D eigenvalue weighted by molar-refractivity contribution is -0.130. The summed E-state index contributed by atoms with van der Waals surface area (Å²) in [5, 5.41) is 0. The minimum atomic E-state index is 0.286. The van der Waals surface area contributed by atoms with Crippen LogP contribution in [0.25, 0.3) is 0 Å². The number of carbonyl (C=O) groups excluding carboxylic acids is 1. The van der Waals surface area contributed by atoms with Crippen molar-refractivity contribution in [3.05, 3.63) is 29.8 Å². The second-order valence-electron chi connectivity index (χ2n) is 4.59. The first-order valence-electron chi connectivity index (χ1n) is 6.45. The molecule has 0 saturated carbocycles.